The zero-order valence-electron chi connectivity index (χ0n) is 23.3. The first kappa shape index (κ1) is 29.8. The number of hydrogen-bond acceptors (Lipinski definition) is 10. The number of aliphatic imine (C=N–C) groups is 4. The standard InChI is InChI=1S/C32H26N4O6/c1-29(41-3)18-25(15-16-31(29,33-19-37)34-20-38)26-17-27(23-11-7-5-8-12-23)32(35-21-39,36-22-40)30(2,42-4)28(26)24-13-9-6-10-14-24/h5-18H,1-4H3. The first-order valence-electron chi connectivity index (χ1n) is 12.7. The summed E-state index contributed by atoms with van der Waals surface area (Å²) < 4.78 is 12.0. The van der Waals surface area contributed by atoms with Crippen LogP contribution in [0.3, 0.4) is 0 Å². The lowest BCUT2D eigenvalue weighted by molar-refractivity contribution is 0.00161. The molecule has 2 aliphatic rings. The Labute approximate surface area is 241 Å². The summed E-state index contributed by atoms with van der Waals surface area (Å²) in [5.74, 6) is 0. The Bertz CT molecular complexity index is 1670. The van der Waals surface area contributed by atoms with E-state index >= 15 is 0 Å². The molecule has 10 heteroatoms. The predicted molar refractivity (Wildman–Crippen MR) is 154 cm³/mol. The molecule has 0 heterocycles. The van der Waals surface area contributed by atoms with Gasteiger partial charge < -0.3 is 9.47 Å². The molecule has 42 heavy (non-hydrogen) atoms. The van der Waals surface area contributed by atoms with E-state index in [1.54, 1.807) is 68.5 Å². The van der Waals surface area contributed by atoms with Gasteiger partial charge in [-0.05, 0) is 54.3 Å². The van der Waals surface area contributed by atoms with Crippen LogP contribution in [-0.2, 0) is 28.7 Å². The normalized spacial score (nSPS) is 28.2. The minimum atomic E-state index is -1.92. The predicted octanol–water partition coefficient (Wildman–Crippen LogP) is 4.58. The zero-order valence-corrected chi connectivity index (χ0v) is 23.3. The van der Waals surface area contributed by atoms with Crippen LogP contribution >= 0.6 is 0 Å². The fraction of sp³-hybridized carbons (Fsp3) is 0.250. The second-order valence-corrected chi connectivity index (χ2v) is 9.77. The van der Waals surface area contributed by atoms with Gasteiger partial charge in [0, 0.05) is 25.4 Å². The lowest BCUT2D eigenvalue weighted by Crippen LogP contribution is -2.54. The van der Waals surface area contributed by atoms with Crippen molar-refractivity contribution in [1.29, 1.82) is 0 Å². The fourth-order valence-electron chi connectivity index (χ4n) is 5.57. The van der Waals surface area contributed by atoms with Gasteiger partial charge >= 0.3 is 0 Å². The summed E-state index contributed by atoms with van der Waals surface area (Å²) in [6, 6.07) is 18.2. The summed E-state index contributed by atoms with van der Waals surface area (Å²) in [4.78, 5) is 62.6. The Hall–Kier alpha value is -5.16. The van der Waals surface area contributed by atoms with Gasteiger partial charge in [-0.2, -0.15) is 20.0 Å². The highest BCUT2D eigenvalue weighted by Gasteiger charge is 2.59. The van der Waals surface area contributed by atoms with E-state index in [0.717, 1.165) is 0 Å². The Kier molecular flexibility index (Phi) is 8.34. The van der Waals surface area contributed by atoms with Crippen molar-refractivity contribution >= 4 is 35.5 Å². The van der Waals surface area contributed by atoms with Crippen molar-refractivity contribution in [3.8, 4) is 0 Å². The number of allylic oxidation sites excluding steroid dienone is 4. The van der Waals surface area contributed by atoms with Crippen molar-refractivity contribution in [2.45, 2.75) is 36.4 Å². The smallest absolute Gasteiger partial charge is 0.238 e. The van der Waals surface area contributed by atoms with E-state index in [-0.39, 0.29) is 0 Å². The molecule has 0 N–H and O–H groups in total. The number of ether oxygens (including phenoxy) is 2. The summed E-state index contributed by atoms with van der Waals surface area (Å²) in [5, 5.41) is 0. The van der Waals surface area contributed by atoms with Gasteiger partial charge in [0.05, 0.1) is 0 Å². The average molecular weight is 563 g/mol. The molecule has 2 unspecified atom stereocenters. The van der Waals surface area contributed by atoms with E-state index in [0.29, 0.717) is 33.4 Å². The minimum absolute atomic E-state index is 0.357. The van der Waals surface area contributed by atoms with Crippen LogP contribution in [0.4, 0.5) is 0 Å². The first-order chi connectivity index (χ1) is 20.2. The van der Waals surface area contributed by atoms with Crippen molar-refractivity contribution < 1.29 is 28.7 Å². The van der Waals surface area contributed by atoms with E-state index in [1.165, 1.54) is 32.5 Å². The van der Waals surface area contributed by atoms with Gasteiger partial charge in [-0.25, -0.2) is 19.2 Å². The van der Waals surface area contributed by atoms with Crippen molar-refractivity contribution in [2.75, 3.05) is 14.2 Å². The molecule has 2 atom stereocenters. The third-order valence-corrected chi connectivity index (χ3v) is 7.87. The van der Waals surface area contributed by atoms with Gasteiger partial charge in [-0.15, -0.1) is 0 Å². The molecule has 0 radical (unpaired) electrons. The molecule has 0 amide bonds. The number of rotatable bonds is 9. The molecular formula is C32H26N4O6. The summed E-state index contributed by atoms with van der Waals surface area (Å²) in [7, 11) is 2.82. The highest BCUT2D eigenvalue weighted by molar-refractivity contribution is 5.95. The molecule has 0 fully saturated rings. The zero-order chi connectivity index (χ0) is 30.4. The second kappa shape index (κ2) is 11.8. The van der Waals surface area contributed by atoms with E-state index in [1.807, 2.05) is 36.4 Å². The molecule has 4 rings (SSSR count). The maximum absolute atomic E-state index is 12.0. The number of isocyanates is 4. The summed E-state index contributed by atoms with van der Waals surface area (Å²) in [5.41, 5.74) is -3.41. The van der Waals surface area contributed by atoms with E-state index in [4.69, 9.17) is 9.47 Å². The molecule has 2 aromatic carbocycles. The maximum atomic E-state index is 12.0. The number of hydrogen-bond donors (Lipinski definition) is 0. The van der Waals surface area contributed by atoms with Crippen molar-refractivity contribution in [3.63, 3.8) is 0 Å². The maximum Gasteiger partial charge on any atom is 0.238 e. The van der Waals surface area contributed by atoms with Gasteiger partial charge in [-0.1, -0.05) is 66.7 Å². The van der Waals surface area contributed by atoms with E-state index < -0.39 is 22.5 Å². The van der Waals surface area contributed by atoms with Crippen LogP contribution in [0.1, 0.15) is 25.0 Å². The number of benzene rings is 2. The first-order valence-corrected chi connectivity index (χ1v) is 12.7. The van der Waals surface area contributed by atoms with Crippen LogP contribution in [0, 0.1) is 0 Å². The molecule has 2 aromatic rings. The largest absolute Gasteiger partial charge is 0.369 e. The highest BCUT2D eigenvalue weighted by Crippen LogP contribution is 2.55. The molecule has 0 spiro atoms. The second-order valence-electron chi connectivity index (χ2n) is 9.77. The molecule has 0 saturated heterocycles. The average Bonchev–Trinajstić information content (AvgIpc) is 3.01. The molecule has 0 aliphatic heterocycles. The third-order valence-electron chi connectivity index (χ3n) is 7.87. The lowest BCUT2D eigenvalue weighted by Gasteiger charge is -2.47. The third kappa shape index (κ3) is 4.53. The molecule has 10 nitrogen and oxygen atoms in total. The Balaban J connectivity index is 2.22. The van der Waals surface area contributed by atoms with Crippen LogP contribution in [0.25, 0.3) is 11.1 Å². The quantitative estimate of drug-likeness (QED) is 0.324. The summed E-state index contributed by atoms with van der Waals surface area (Å²) in [6.45, 7) is 3.28. The van der Waals surface area contributed by atoms with Crippen LogP contribution in [-0.4, -0.2) is 61.1 Å². The molecular weight excluding hydrogens is 536 g/mol. The molecule has 2 aliphatic carbocycles. The number of nitrogens with zero attached hydrogens (tertiary/aromatic N) is 4. The fourth-order valence-corrected chi connectivity index (χ4v) is 5.57. The lowest BCUT2D eigenvalue weighted by atomic mass is 9.66. The van der Waals surface area contributed by atoms with Gasteiger partial charge in [-0.3, -0.25) is 0 Å². The summed E-state index contributed by atoms with van der Waals surface area (Å²) >= 11 is 0. The Morgan fingerprint density at radius 1 is 0.690 bits per heavy atom. The molecule has 210 valence electrons. The molecule has 0 aromatic heterocycles. The molecule has 0 bridgehead atoms. The van der Waals surface area contributed by atoms with E-state index in [2.05, 4.69) is 20.0 Å². The van der Waals surface area contributed by atoms with Crippen LogP contribution in [0.2, 0.25) is 0 Å². The van der Waals surface area contributed by atoms with Gasteiger partial charge in [0.2, 0.25) is 35.6 Å². The molecule has 0 saturated carbocycles. The summed E-state index contributed by atoms with van der Waals surface area (Å²) in [6.07, 6.45) is 12.6. The van der Waals surface area contributed by atoms with Gasteiger partial charge in [0.25, 0.3) is 0 Å². The van der Waals surface area contributed by atoms with Crippen molar-refractivity contribution in [3.05, 3.63) is 107 Å². The Morgan fingerprint density at radius 2 is 1.21 bits per heavy atom. The monoisotopic (exact) mass is 562 g/mol. The van der Waals surface area contributed by atoms with Crippen LogP contribution < -0.4 is 0 Å². The Morgan fingerprint density at radius 3 is 1.69 bits per heavy atom. The van der Waals surface area contributed by atoms with Gasteiger partial charge in [0.15, 0.2) is 0 Å². The topological polar surface area (TPSA) is 136 Å². The van der Waals surface area contributed by atoms with Crippen LogP contribution in [0.5, 0.6) is 0 Å². The van der Waals surface area contributed by atoms with E-state index in [9.17, 15) is 19.2 Å². The minimum Gasteiger partial charge on any atom is -0.369 e. The highest BCUT2D eigenvalue weighted by atomic mass is 16.5. The van der Waals surface area contributed by atoms with Crippen molar-refractivity contribution in [1.82, 2.24) is 0 Å². The van der Waals surface area contributed by atoms with Gasteiger partial charge in [0.1, 0.15) is 11.2 Å². The number of carbonyl (C=O) groups excluding carboxylic acids is 4. The van der Waals surface area contributed by atoms with Crippen molar-refractivity contribution in [2.24, 2.45) is 20.0 Å². The van der Waals surface area contributed by atoms with Crippen LogP contribution in [0.15, 0.2) is 116 Å². The number of methoxy groups -OCH3 is 2. The SMILES string of the molecule is COC1(C)C=C(C2=C(c3ccccc3)C(C)(OC)C(N=C=O)(N=C=O)C(c3ccccc3)=C2)C=CC1(N=C=O)N=C=O.